The summed E-state index contributed by atoms with van der Waals surface area (Å²) in [6.45, 7) is 10.9. The number of carbonyl (C=O) groups is 1. The first-order valence-corrected chi connectivity index (χ1v) is 14.6. The van der Waals surface area contributed by atoms with Crippen molar-refractivity contribution in [3.63, 3.8) is 0 Å². The zero-order valence-corrected chi connectivity index (χ0v) is 20.6. The molecule has 0 spiro atoms. The molecule has 0 bridgehead atoms. The Morgan fingerprint density at radius 3 is 2.47 bits per heavy atom. The van der Waals surface area contributed by atoms with Crippen LogP contribution in [0.5, 0.6) is 0 Å². The van der Waals surface area contributed by atoms with Crippen molar-refractivity contribution in [3.8, 4) is 11.8 Å². The highest BCUT2D eigenvalue weighted by atomic mass is 35.5. The average Bonchev–Trinajstić information content (AvgIpc) is 3.09. The molecule has 0 unspecified atom stereocenters. The third-order valence-electron chi connectivity index (χ3n) is 5.26. The highest BCUT2D eigenvalue weighted by Crippen LogP contribution is 2.22. The first-order valence-electron chi connectivity index (χ1n) is 10.5. The first kappa shape index (κ1) is 24.1. The van der Waals surface area contributed by atoms with Crippen molar-refractivity contribution < 1.29 is 14.6 Å². The molecule has 2 aromatic heterocycles. The number of carboxylic acid groups (broad SMARTS) is 1. The van der Waals surface area contributed by atoms with Gasteiger partial charge < -0.3 is 19.6 Å². The Labute approximate surface area is 192 Å². The Bertz CT molecular complexity index is 1110. The van der Waals surface area contributed by atoms with Crippen LogP contribution in [0.2, 0.25) is 31.0 Å². The number of nitrogens with zero attached hydrogens (tertiary/aromatic N) is 6. The van der Waals surface area contributed by atoms with Gasteiger partial charge in [-0.15, -0.1) is 5.92 Å². The van der Waals surface area contributed by atoms with E-state index < -0.39 is 14.2 Å². The van der Waals surface area contributed by atoms with Gasteiger partial charge >= 0.3 is 6.09 Å². The molecule has 1 fully saturated rings. The summed E-state index contributed by atoms with van der Waals surface area (Å²) in [7, 11) is -1.25. The van der Waals surface area contributed by atoms with E-state index in [1.54, 1.807) is 11.5 Å². The fourth-order valence-electron chi connectivity index (χ4n) is 3.37. The average molecular weight is 481 g/mol. The number of anilines is 1. The van der Waals surface area contributed by atoms with Crippen LogP contribution in [0.1, 0.15) is 6.92 Å². The number of piperazine rings is 1. The number of rotatable bonds is 7. The number of hydrogen-bond acceptors (Lipinski definition) is 6. The third-order valence-corrected chi connectivity index (χ3v) is 7.25. The normalized spacial score (nSPS) is 14.5. The summed E-state index contributed by atoms with van der Waals surface area (Å²) in [6, 6.07) is 0.978. The number of aromatic nitrogens is 4. The largest absolute Gasteiger partial charge is 0.465 e. The molecule has 10 nitrogen and oxygen atoms in total. The molecule has 0 atom stereocenters. The molecule has 1 saturated heterocycles. The van der Waals surface area contributed by atoms with Gasteiger partial charge in [-0.1, -0.05) is 25.6 Å². The van der Waals surface area contributed by atoms with Gasteiger partial charge in [-0.3, -0.25) is 13.9 Å². The van der Waals surface area contributed by atoms with E-state index >= 15 is 0 Å². The molecular formula is C20H29ClN6O4Si. The second-order valence-electron chi connectivity index (χ2n) is 8.82. The van der Waals surface area contributed by atoms with Crippen molar-refractivity contribution >= 4 is 42.9 Å². The van der Waals surface area contributed by atoms with Gasteiger partial charge in [0, 0.05) is 40.9 Å². The van der Waals surface area contributed by atoms with E-state index in [2.05, 4.69) is 41.4 Å². The molecule has 0 radical (unpaired) electrons. The van der Waals surface area contributed by atoms with Gasteiger partial charge in [0.25, 0.3) is 5.56 Å². The number of hydrogen-bond donors (Lipinski definition) is 1. The SMILES string of the molecule is CC#CCn1c(N2CCN(C(=O)O)CC2)nc2nc(Cl)n(COCC[Si](C)(C)C)c(=O)c21. The monoisotopic (exact) mass is 480 g/mol. The lowest BCUT2D eigenvalue weighted by Gasteiger charge is -2.33. The maximum Gasteiger partial charge on any atom is 0.407 e. The number of imidazole rings is 1. The fourth-order valence-corrected chi connectivity index (χ4v) is 4.33. The van der Waals surface area contributed by atoms with Crippen LogP contribution in [0.25, 0.3) is 11.2 Å². The van der Waals surface area contributed by atoms with Crippen LogP contribution >= 0.6 is 11.6 Å². The van der Waals surface area contributed by atoms with Crippen molar-refractivity contribution in [1.29, 1.82) is 0 Å². The number of ether oxygens (including phenoxy) is 1. The van der Waals surface area contributed by atoms with Gasteiger partial charge in [-0.25, -0.2) is 4.79 Å². The second-order valence-corrected chi connectivity index (χ2v) is 14.8. The van der Waals surface area contributed by atoms with Crippen molar-refractivity contribution in [2.75, 3.05) is 37.7 Å². The molecule has 2 aromatic rings. The van der Waals surface area contributed by atoms with Crippen molar-refractivity contribution in [2.24, 2.45) is 0 Å². The summed E-state index contributed by atoms with van der Waals surface area (Å²) in [5, 5.41) is 9.22. The topological polar surface area (TPSA) is 106 Å². The number of fused-ring (bicyclic) bond motifs is 1. The Kier molecular flexibility index (Phi) is 7.48. The highest BCUT2D eigenvalue weighted by Gasteiger charge is 2.26. The minimum Gasteiger partial charge on any atom is -0.465 e. The standard InChI is InChI=1S/C20H29ClN6O4Si/c1-5-6-7-26-15-16(23-19(26)24-8-10-25(11-9-24)20(29)30)22-18(21)27(17(15)28)14-31-12-13-32(2,3)4/h7-14H2,1-4H3,(H,29,30). The molecule has 0 aromatic carbocycles. The minimum atomic E-state index is -1.25. The van der Waals surface area contributed by atoms with Crippen molar-refractivity contribution in [2.45, 2.75) is 45.9 Å². The van der Waals surface area contributed by atoms with Crippen LogP contribution in [-0.4, -0.2) is 76.1 Å². The lowest BCUT2D eigenvalue weighted by Crippen LogP contribution is -2.49. The van der Waals surface area contributed by atoms with Crippen LogP contribution in [0.3, 0.4) is 0 Å². The molecule has 3 heterocycles. The quantitative estimate of drug-likeness (QED) is 0.280. The van der Waals surface area contributed by atoms with E-state index in [1.807, 2.05) is 4.90 Å². The van der Waals surface area contributed by atoms with Crippen LogP contribution in [0, 0.1) is 11.8 Å². The molecular weight excluding hydrogens is 452 g/mol. The molecule has 1 aliphatic heterocycles. The third kappa shape index (κ3) is 5.43. The minimum absolute atomic E-state index is 0.0162. The molecule has 1 N–H and O–H groups in total. The Morgan fingerprint density at radius 2 is 1.88 bits per heavy atom. The molecule has 32 heavy (non-hydrogen) atoms. The van der Waals surface area contributed by atoms with E-state index in [9.17, 15) is 14.7 Å². The Morgan fingerprint density at radius 1 is 1.19 bits per heavy atom. The van der Waals surface area contributed by atoms with Gasteiger partial charge in [0.1, 0.15) is 6.73 Å². The van der Waals surface area contributed by atoms with Crippen molar-refractivity contribution in [3.05, 3.63) is 15.6 Å². The van der Waals surface area contributed by atoms with Crippen LogP contribution in [-0.2, 0) is 18.0 Å². The van der Waals surface area contributed by atoms with E-state index in [0.717, 1.165) is 6.04 Å². The zero-order chi connectivity index (χ0) is 23.5. The lowest BCUT2D eigenvalue weighted by atomic mass is 10.3. The van der Waals surface area contributed by atoms with E-state index in [0.29, 0.717) is 44.3 Å². The van der Waals surface area contributed by atoms with Crippen LogP contribution < -0.4 is 10.5 Å². The van der Waals surface area contributed by atoms with Gasteiger partial charge in [0.2, 0.25) is 11.2 Å². The summed E-state index contributed by atoms with van der Waals surface area (Å²) in [5.41, 5.74) is 0.211. The molecule has 0 saturated carbocycles. The summed E-state index contributed by atoms with van der Waals surface area (Å²) in [4.78, 5) is 36.7. The summed E-state index contributed by atoms with van der Waals surface area (Å²) < 4.78 is 8.76. The molecule has 3 rings (SSSR count). The molecule has 1 amide bonds. The zero-order valence-electron chi connectivity index (χ0n) is 18.9. The smallest absolute Gasteiger partial charge is 0.407 e. The van der Waals surface area contributed by atoms with Gasteiger partial charge in [-0.2, -0.15) is 9.97 Å². The predicted molar refractivity (Wildman–Crippen MR) is 126 cm³/mol. The Hall–Kier alpha value is -2.55. The van der Waals surface area contributed by atoms with Crippen LogP contribution in [0.4, 0.5) is 10.7 Å². The first-order chi connectivity index (χ1) is 15.1. The van der Waals surface area contributed by atoms with Gasteiger partial charge in [-0.05, 0) is 24.6 Å². The molecule has 1 aliphatic rings. The molecule has 174 valence electrons. The fraction of sp³-hybridized carbons (Fsp3) is 0.600. The lowest BCUT2D eigenvalue weighted by molar-refractivity contribution is 0.0845. The summed E-state index contributed by atoms with van der Waals surface area (Å²) in [6.07, 6.45) is -0.944. The number of amides is 1. The van der Waals surface area contributed by atoms with E-state index in [1.165, 1.54) is 9.47 Å². The maximum atomic E-state index is 13.3. The maximum absolute atomic E-state index is 13.3. The van der Waals surface area contributed by atoms with E-state index in [-0.39, 0.29) is 29.8 Å². The predicted octanol–water partition coefficient (Wildman–Crippen LogP) is 2.38. The number of halogens is 1. The van der Waals surface area contributed by atoms with Crippen LogP contribution in [0.15, 0.2) is 4.79 Å². The van der Waals surface area contributed by atoms with Gasteiger partial charge in [0.05, 0.1) is 6.54 Å². The summed E-state index contributed by atoms with van der Waals surface area (Å²) in [5.74, 6) is 6.36. The Balaban J connectivity index is 1.94. The second kappa shape index (κ2) is 9.93. The molecule has 0 aliphatic carbocycles. The molecule has 12 heteroatoms. The highest BCUT2D eigenvalue weighted by molar-refractivity contribution is 6.76. The van der Waals surface area contributed by atoms with Crippen molar-refractivity contribution in [1.82, 2.24) is 24.0 Å². The summed E-state index contributed by atoms with van der Waals surface area (Å²) >= 11 is 6.30. The van der Waals surface area contributed by atoms with Gasteiger partial charge in [0.15, 0.2) is 11.2 Å². The van der Waals surface area contributed by atoms with E-state index in [4.69, 9.17) is 16.3 Å².